The summed E-state index contributed by atoms with van der Waals surface area (Å²) in [4.78, 5) is 14.2. The average Bonchev–Trinajstić information content (AvgIpc) is 2.43. The average molecular weight is 316 g/mol. The van der Waals surface area contributed by atoms with Crippen LogP contribution in [-0.4, -0.2) is 66.7 Å². The van der Waals surface area contributed by atoms with E-state index in [9.17, 15) is 9.90 Å². The Morgan fingerprint density at radius 1 is 1.41 bits per heavy atom. The van der Waals surface area contributed by atoms with E-state index in [1.807, 2.05) is 32.6 Å². The molecule has 2 N–H and O–H groups in total. The van der Waals surface area contributed by atoms with Gasteiger partial charge in [-0.1, -0.05) is 0 Å². The maximum Gasteiger partial charge on any atom is 0.410 e. The first-order chi connectivity index (χ1) is 10.2. The maximum atomic E-state index is 12.4. The van der Waals surface area contributed by atoms with Crippen LogP contribution in [0.25, 0.3) is 0 Å². The van der Waals surface area contributed by atoms with E-state index in [1.54, 1.807) is 7.11 Å². The number of carbonyl (C=O) groups is 1. The molecule has 1 amide bonds. The molecular weight excluding hydrogens is 284 g/mol. The topological polar surface area (TPSA) is 71.0 Å². The molecule has 0 spiro atoms. The van der Waals surface area contributed by atoms with Crippen LogP contribution in [0.1, 0.15) is 47.0 Å². The van der Waals surface area contributed by atoms with Gasteiger partial charge in [0.05, 0.1) is 18.8 Å². The summed E-state index contributed by atoms with van der Waals surface area (Å²) in [5.41, 5.74) is -0.482. The van der Waals surface area contributed by atoms with Crippen molar-refractivity contribution in [1.29, 1.82) is 0 Å². The van der Waals surface area contributed by atoms with Crippen molar-refractivity contribution in [3.8, 4) is 0 Å². The molecule has 1 rings (SSSR count). The van der Waals surface area contributed by atoms with Gasteiger partial charge in [0, 0.05) is 26.2 Å². The van der Waals surface area contributed by atoms with E-state index in [-0.39, 0.29) is 18.2 Å². The van der Waals surface area contributed by atoms with Crippen molar-refractivity contribution < 1.29 is 19.4 Å². The van der Waals surface area contributed by atoms with Crippen molar-refractivity contribution in [2.24, 2.45) is 0 Å². The lowest BCUT2D eigenvalue weighted by Gasteiger charge is -2.40. The largest absolute Gasteiger partial charge is 0.444 e. The first kappa shape index (κ1) is 19.2. The number of nitrogens with one attached hydrogen (secondary N) is 1. The Hall–Kier alpha value is -0.850. The summed E-state index contributed by atoms with van der Waals surface area (Å²) >= 11 is 0. The van der Waals surface area contributed by atoms with Gasteiger partial charge in [-0.05, 0) is 47.0 Å². The molecule has 2 unspecified atom stereocenters. The van der Waals surface area contributed by atoms with Crippen LogP contribution in [0.3, 0.4) is 0 Å². The summed E-state index contributed by atoms with van der Waals surface area (Å²) in [5, 5.41) is 13.0. The van der Waals surface area contributed by atoms with Crippen molar-refractivity contribution in [3.05, 3.63) is 0 Å². The fourth-order valence-corrected chi connectivity index (χ4v) is 2.73. The number of carbonyl (C=O) groups excluding carboxylic acids is 1. The number of aliphatic hydroxyl groups excluding tert-OH is 1. The van der Waals surface area contributed by atoms with Gasteiger partial charge in [-0.2, -0.15) is 0 Å². The highest BCUT2D eigenvalue weighted by Gasteiger charge is 2.33. The van der Waals surface area contributed by atoms with Gasteiger partial charge < -0.3 is 24.8 Å². The highest BCUT2D eigenvalue weighted by Crippen LogP contribution is 2.22. The Bertz CT molecular complexity index is 344. The third kappa shape index (κ3) is 6.50. The maximum absolute atomic E-state index is 12.4. The summed E-state index contributed by atoms with van der Waals surface area (Å²) in [7, 11) is 1.57. The fourth-order valence-electron chi connectivity index (χ4n) is 2.73. The first-order valence-electron chi connectivity index (χ1n) is 8.14. The monoisotopic (exact) mass is 316 g/mol. The van der Waals surface area contributed by atoms with E-state index in [0.717, 1.165) is 25.8 Å². The lowest BCUT2D eigenvalue weighted by Crippen LogP contribution is -2.55. The fraction of sp³-hybridized carbons (Fsp3) is 0.938. The minimum Gasteiger partial charge on any atom is -0.444 e. The zero-order valence-electron chi connectivity index (χ0n) is 14.6. The number of likely N-dealkylation sites (tertiary alicyclic amines) is 1. The molecule has 1 aliphatic rings. The SMILES string of the molecule is COCC(O)CNC(C)[C@@H]1CCCCN1C(=O)OC(C)(C)C. The number of ether oxygens (including phenoxy) is 2. The van der Waals surface area contributed by atoms with Crippen LogP contribution in [0.2, 0.25) is 0 Å². The predicted octanol–water partition coefficient (Wildman–Crippen LogP) is 1.76. The lowest BCUT2D eigenvalue weighted by atomic mass is 9.96. The molecule has 0 radical (unpaired) electrons. The normalized spacial score (nSPS) is 22.3. The summed E-state index contributed by atoms with van der Waals surface area (Å²) in [5.74, 6) is 0. The van der Waals surface area contributed by atoms with Gasteiger partial charge in [-0.3, -0.25) is 0 Å². The van der Waals surface area contributed by atoms with Crippen LogP contribution < -0.4 is 5.32 Å². The zero-order chi connectivity index (χ0) is 16.8. The number of piperidine rings is 1. The number of methoxy groups -OCH3 is 1. The first-order valence-corrected chi connectivity index (χ1v) is 8.14. The van der Waals surface area contributed by atoms with Crippen molar-refractivity contribution in [2.45, 2.75) is 70.7 Å². The number of rotatable bonds is 6. The quantitative estimate of drug-likeness (QED) is 0.781. The molecule has 22 heavy (non-hydrogen) atoms. The summed E-state index contributed by atoms with van der Waals surface area (Å²) in [6, 6.07) is 0.192. The Kier molecular flexibility index (Phi) is 7.59. The molecule has 6 nitrogen and oxygen atoms in total. The molecular formula is C16H32N2O4. The number of hydrogen-bond donors (Lipinski definition) is 2. The Labute approximate surface area is 134 Å². The molecule has 1 aliphatic heterocycles. The molecule has 0 aromatic carbocycles. The minimum absolute atomic E-state index is 0.0957. The van der Waals surface area contributed by atoms with Crippen molar-refractivity contribution in [1.82, 2.24) is 10.2 Å². The van der Waals surface area contributed by atoms with Gasteiger partial charge in [0.2, 0.25) is 0 Å². The van der Waals surface area contributed by atoms with E-state index < -0.39 is 11.7 Å². The van der Waals surface area contributed by atoms with Crippen LogP contribution in [-0.2, 0) is 9.47 Å². The Balaban J connectivity index is 2.58. The van der Waals surface area contributed by atoms with Crippen molar-refractivity contribution in [3.63, 3.8) is 0 Å². The van der Waals surface area contributed by atoms with E-state index in [1.165, 1.54) is 0 Å². The number of nitrogens with zero attached hydrogens (tertiary/aromatic N) is 1. The highest BCUT2D eigenvalue weighted by atomic mass is 16.6. The van der Waals surface area contributed by atoms with Crippen LogP contribution in [0, 0.1) is 0 Å². The number of amides is 1. The van der Waals surface area contributed by atoms with E-state index in [2.05, 4.69) is 5.32 Å². The van der Waals surface area contributed by atoms with Gasteiger partial charge in [-0.15, -0.1) is 0 Å². The molecule has 0 bridgehead atoms. The highest BCUT2D eigenvalue weighted by molar-refractivity contribution is 5.68. The molecule has 0 aromatic heterocycles. The van der Waals surface area contributed by atoms with Crippen LogP contribution in [0.4, 0.5) is 4.79 Å². The Morgan fingerprint density at radius 3 is 2.68 bits per heavy atom. The van der Waals surface area contributed by atoms with Gasteiger partial charge in [-0.25, -0.2) is 4.79 Å². The lowest BCUT2D eigenvalue weighted by molar-refractivity contribution is 0.00426. The number of aliphatic hydroxyl groups is 1. The van der Waals surface area contributed by atoms with Crippen LogP contribution in [0.15, 0.2) is 0 Å². The third-order valence-corrected chi connectivity index (χ3v) is 3.79. The molecule has 130 valence electrons. The number of hydrogen-bond acceptors (Lipinski definition) is 5. The van der Waals surface area contributed by atoms with Gasteiger partial charge >= 0.3 is 6.09 Å². The molecule has 0 aromatic rings. The van der Waals surface area contributed by atoms with E-state index in [0.29, 0.717) is 13.2 Å². The summed E-state index contributed by atoms with van der Waals surface area (Å²) < 4.78 is 10.4. The standard InChI is InChI=1S/C16H32N2O4/c1-12(17-10-13(19)11-21-5)14-8-6-7-9-18(14)15(20)22-16(2,3)4/h12-14,17,19H,6-11H2,1-5H3/t12?,13?,14-/m0/s1. The molecule has 0 aliphatic carbocycles. The summed E-state index contributed by atoms with van der Waals surface area (Å²) in [6.45, 7) is 9.18. The summed E-state index contributed by atoms with van der Waals surface area (Å²) in [6.07, 6.45) is 2.29. The van der Waals surface area contributed by atoms with Gasteiger partial charge in [0.15, 0.2) is 0 Å². The second-order valence-corrected chi connectivity index (χ2v) is 7.04. The van der Waals surface area contributed by atoms with Gasteiger partial charge in [0.1, 0.15) is 5.60 Å². The predicted molar refractivity (Wildman–Crippen MR) is 85.9 cm³/mol. The molecule has 1 heterocycles. The van der Waals surface area contributed by atoms with Crippen LogP contribution in [0.5, 0.6) is 0 Å². The van der Waals surface area contributed by atoms with Gasteiger partial charge in [0.25, 0.3) is 0 Å². The molecule has 1 saturated heterocycles. The van der Waals surface area contributed by atoms with Crippen molar-refractivity contribution >= 4 is 6.09 Å². The van der Waals surface area contributed by atoms with E-state index in [4.69, 9.17) is 9.47 Å². The second kappa shape index (κ2) is 8.70. The molecule has 6 heteroatoms. The third-order valence-electron chi connectivity index (χ3n) is 3.79. The Morgan fingerprint density at radius 2 is 2.09 bits per heavy atom. The zero-order valence-corrected chi connectivity index (χ0v) is 14.6. The van der Waals surface area contributed by atoms with Crippen molar-refractivity contribution in [2.75, 3.05) is 26.8 Å². The second-order valence-electron chi connectivity index (χ2n) is 7.04. The van der Waals surface area contributed by atoms with E-state index >= 15 is 0 Å². The minimum atomic E-state index is -0.536. The molecule has 0 saturated carbocycles. The molecule has 1 fully saturated rings. The smallest absolute Gasteiger partial charge is 0.410 e. The molecule has 3 atom stereocenters. The van der Waals surface area contributed by atoms with Crippen LogP contribution >= 0.6 is 0 Å².